The number of hydrogen-bond donors (Lipinski definition) is 1. The number of carbonyl (C=O) groups is 1. The van der Waals surface area contributed by atoms with Crippen molar-refractivity contribution in [2.75, 3.05) is 12.4 Å². The van der Waals surface area contributed by atoms with Gasteiger partial charge in [0.2, 0.25) is 6.10 Å². The van der Waals surface area contributed by atoms with Gasteiger partial charge in [0.25, 0.3) is 5.91 Å². The molecule has 1 N–H and O–H groups in total. The Morgan fingerprint density at radius 3 is 2.87 bits per heavy atom. The van der Waals surface area contributed by atoms with Crippen LogP contribution in [0.15, 0.2) is 64.4 Å². The van der Waals surface area contributed by atoms with E-state index in [9.17, 15) is 4.79 Å². The maximum Gasteiger partial charge on any atom is 0.269 e. The van der Waals surface area contributed by atoms with E-state index >= 15 is 0 Å². The minimum Gasteiger partial charge on any atom is -0.496 e. The zero-order chi connectivity index (χ0) is 21.1. The SMILES string of the molecule is COc1ccccc1C1=NOC(C(=O)Nc2nn(Cc3ccccc3Cl)cc2Br)C1. The molecule has 2 aromatic carbocycles. The van der Waals surface area contributed by atoms with Crippen molar-refractivity contribution < 1.29 is 14.4 Å². The summed E-state index contributed by atoms with van der Waals surface area (Å²) in [5, 5.41) is 12.0. The minimum absolute atomic E-state index is 0.327. The van der Waals surface area contributed by atoms with Gasteiger partial charge >= 0.3 is 0 Å². The molecule has 0 bridgehead atoms. The second-order valence-electron chi connectivity index (χ2n) is 6.64. The zero-order valence-electron chi connectivity index (χ0n) is 16.0. The van der Waals surface area contributed by atoms with E-state index in [2.05, 4.69) is 31.5 Å². The fourth-order valence-electron chi connectivity index (χ4n) is 3.12. The smallest absolute Gasteiger partial charge is 0.269 e. The van der Waals surface area contributed by atoms with Crippen LogP contribution in [0.4, 0.5) is 5.82 Å². The third-order valence-electron chi connectivity index (χ3n) is 4.63. The number of rotatable bonds is 6. The Hall–Kier alpha value is -2.84. The number of ether oxygens (including phenoxy) is 1. The van der Waals surface area contributed by atoms with Gasteiger partial charge in [0.15, 0.2) is 5.82 Å². The van der Waals surface area contributed by atoms with E-state index < -0.39 is 6.10 Å². The van der Waals surface area contributed by atoms with Crippen molar-refractivity contribution in [3.63, 3.8) is 0 Å². The molecule has 1 amide bonds. The second kappa shape index (κ2) is 8.89. The van der Waals surface area contributed by atoms with Crippen molar-refractivity contribution >= 4 is 45.0 Å². The molecular weight excluding hydrogens is 472 g/mol. The van der Waals surface area contributed by atoms with Crippen molar-refractivity contribution in [1.82, 2.24) is 9.78 Å². The predicted octanol–water partition coefficient (Wildman–Crippen LogP) is 4.49. The summed E-state index contributed by atoms with van der Waals surface area (Å²) in [4.78, 5) is 18.1. The second-order valence-corrected chi connectivity index (χ2v) is 7.90. The standard InChI is InChI=1S/C21H18BrClN4O3/c1-29-18-9-5-3-7-14(18)17-10-19(30-26-17)21(28)24-20-15(22)12-27(25-20)11-13-6-2-4-8-16(13)23/h2-9,12,19H,10-11H2,1H3,(H,24,25,28). The first-order chi connectivity index (χ1) is 14.5. The molecule has 0 fully saturated rings. The van der Waals surface area contributed by atoms with Gasteiger partial charge in [-0.05, 0) is 39.7 Å². The van der Waals surface area contributed by atoms with Crippen molar-refractivity contribution in [2.24, 2.45) is 5.16 Å². The zero-order valence-corrected chi connectivity index (χ0v) is 18.4. The average molecular weight is 490 g/mol. The number of nitrogens with one attached hydrogen (secondary N) is 1. The molecule has 1 aliphatic heterocycles. The summed E-state index contributed by atoms with van der Waals surface area (Å²) in [6.07, 6.45) is 1.38. The Balaban J connectivity index is 1.41. The number of para-hydroxylation sites is 1. The summed E-state index contributed by atoms with van der Waals surface area (Å²) in [6, 6.07) is 15.0. The number of aromatic nitrogens is 2. The Labute approximate surface area is 186 Å². The third-order valence-corrected chi connectivity index (χ3v) is 5.58. The maximum absolute atomic E-state index is 12.7. The van der Waals surface area contributed by atoms with Crippen LogP contribution in [0.2, 0.25) is 5.02 Å². The number of methoxy groups -OCH3 is 1. The van der Waals surface area contributed by atoms with E-state index in [1.165, 1.54) is 0 Å². The van der Waals surface area contributed by atoms with Crippen LogP contribution in [-0.4, -0.2) is 34.6 Å². The van der Waals surface area contributed by atoms with Gasteiger partial charge in [-0.1, -0.05) is 47.1 Å². The number of hydrogen-bond acceptors (Lipinski definition) is 5. The summed E-state index contributed by atoms with van der Waals surface area (Å²) in [5.74, 6) is 0.760. The first kappa shape index (κ1) is 20.4. The van der Waals surface area contributed by atoms with Crippen LogP contribution in [0.1, 0.15) is 17.5 Å². The number of anilines is 1. The Morgan fingerprint density at radius 2 is 2.07 bits per heavy atom. The van der Waals surface area contributed by atoms with Gasteiger partial charge in [0.05, 0.1) is 23.8 Å². The van der Waals surface area contributed by atoms with E-state index in [4.69, 9.17) is 21.2 Å². The van der Waals surface area contributed by atoms with Crippen LogP contribution < -0.4 is 10.1 Å². The van der Waals surface area contributed by atoms with Gasteiger partial charge in [-0.3, -0.25) is 9.48 Å². The van der Waals surface area contributed by atoms with Crippen LogP contribution >= 0.6 is 27.5 Å². The highest BCUT2D eigenvalue weighted by atomic mass is 79.9. The van der Waals surface area contributed by atoms with Gasteiger partial charge in [0, 0.05) is 23.2 Å². The van der Waals surface area contributed by atoms with Crippen LogP contribution in [0.5, 0.6) is 5.75 Å². The molecule has 0 saturated carbocycles. The number of benzene rings is 2. The highest BCUT2D eigenvalue weighted by Gasteiger charge is 2.31. The molecule has 30 heavy (non-hydrogen) atoms. The molecule has 0 spiro atoms. The molecule has 154 valence electrons. The molecular formula is C21H18BrClN4O3. The highest BCUT2D eigenvalue weighted by Crippen LogP contribution is 2.26. The van der Waals surface area contributed by atoms with Gasteiger partial charge in [-0.15, -0.1) is 0 Å². The maximum atomic E-state index is 12.7. The number of nitrogens with zero attached hydrogens (tertiary/aromatic N) is 3. The van der Waals surface area contributed by atoms with Crippen LogP contribution in [-0.2, 0) is 16.2 Å². The van der Waals surface area contributed by atoms with Crippen molar-refractivity contribution in [1.29, 1.82) is 0 Å². The molecule has 0 saturated heterocycles. The molecule has 2 heterocycles. The van der Waals surface area contributed by atoms with E-state index in [0.29, 0.717) is 39.7 Å². The molecule has 1 atom stereocenters. The van der Waals surface area contributed by atoms with Crippen molar-refractivity contribution in [3.8, 4) is 5.75 Å². The largest absolute Gasteiger partial charge is 0.496 e. The Kier molecular flexibility index (Phi) is 6.06. The molecule has 1 unspecified atom stereocenters. The lowest BCUT2D eigenvalue weighted by molar-refractivity contribution is -0.125. The summed E-state index contributed by atoms with van der Waals surface area (Å²) in [5.41, 5.74) is 2.40. The lowest BCUT2D eigenvalue weighted by Gasteiger charge is -2.09. The molecule has 9 heteroatoms. The van der Waals surface area contributed by atoms with Gasteiger partial charge in [-0.2, -0.15) is 5.10 Å². The number of oxime groups is 1. The molecule has 0 radical (unpaired) electrons. The highest BCUT2D eigenvalue weighted by molar-refractivity contribution is 9.10. The van der Waals surface area contributed by atoms with Crippen LogP contribution in [0, 0.1) is 0 Å². The fourth-order valence-corrected chi connectivity index (χ4v) is 3.73. The summed E-state index contributed by atoms with van der Waals surface area (Å²) in [7, 11) is 1.59. The van der Waals surface area contributed by atoms with Gasteiger partial charge in [-0.25, -0.2) is 0 Å². The first-order valence-electron chi connectivity index (χ1n) is 9.18. The Bertz CT molecular complexity index is 1120. The van der Waals surface area contributed by atoms with Gasteiger partial charge < -0.3 is 14.9 Å². The average Bonchev–Trinajstić information content (AvgIpc) is 3.37. The van der Waals surface area contributed by atoms with Crippen LogP contribution in [0.3, 0.4) is 0 Å². The van der Waals surface area contributed by atoms with Crippen molar-refractivity contribution in [2.45, 2.75) is 19.1 Å². The monoisotopic (exact) mass is 488 g/mol. The topological polar surface area (TPSA) is 77.7 Å². The fraction of sp³-hybridized carbons (Fsp3) is 0.190. The molecule has 1 aliphatic rings. The Morgan fingerprint density at radius 1 is 1.30 bits per heavy atom. The number of halogens is 2. The van der Waals surface area contributed by atoms with Crippen LogP contribution in [0.25, 0.3) is 0 Å². The van der Waals surface area contributed by atoms with E-state index in [1.54, 1.807) is 18.0 Å². The predicted molar refractivity (Wildman–Crippen MR) is 118 cm³/mol. The molecule has 7 nitrogen and oxygen atoms in total. The molecule has 1 aromatic heterocycles. The number of amides is 1. The summed E-state index contributed by atoms with van der Waals surface area (Å²) < 4.78 is 7.72. The summed E-state index contributed by atoms with van der Waals surface area (Å²) in [6.45, 7) is 0.481. The molecule has 0 aliphatic carbocycles. The minimum atomic E-state index is -0.745. The molecule has 4 rings (SSSR count). The lowest BCUT2D eigenvalue weighted by Crippen LogP contribution is -2.28. The van der Waals surface area contributed by atoms with E-state index in [-0.39, 0.29) is 5.91 Å². The van der Waals surface area contributed by atoms with Crippen molar-refractivity contribution in [3.05, 3.63) is 75.4 Å². The van der Waals surface area contributed by atoms with Gasteiger partial charge in [0.1, 0.15) is 5.75 Å². The first-order valence-corrected chi connectivity index (χ1v) is 10.4. The molecule has 3 aromatic rings. The normalized spacial score (nSPS) is 15.4. The van der Waals surface area contributed by atoms with E-state index in [1.807, 2.05) is 48.5 Å². The van der Waals surface area contributed by atoms with E-state index in [0.717, 1.165) is 11.1 Å². The lowest BCUT2D eigenvalue weighted by atomic mass is 10.0. The summed E-state index contributed by atoms with van der Waals surface area (Å²) >= 11 is 9.65. The number of carbonyl (C=O) groups excluding carboxylic acids is 1. The quantitative estimate of drug-likeness (QED) is 0.553. The third kappa shape index (κ3) is 4.34.